The maximum absolute atomic E-state index is 11.6. The number of anilines is 1. The van der Waals surface area contributed by atoms with Crippen molar-refractivity contribution in [3.63, 3.8) is 0 Å². The first-order chi connectivity index (χ1) is 10.9. The lowest BCUT2D eigenvalue weighted by atomic mass is 10.1. The molecule has 0 aliphatic heterocycles. The molecule has 0 radical (unpaired) electrons. The zero-order valence-electron chi connectivity index (χ0n) is 12.2. The number of oxime groups is 1. The van der Waals surface area contributed by atoms with Crippen LogP contribution in [0, 0.1) is 17.0 Å². The second-order valence-electron chi connectivity index (χ2n) is 4.59. The van der Waals surface area contributed by atoms with E-state index in [1.165, 1.54) is 12.3 Å². The number of amidine groups is 1. The summed E-state index contributed by atoms with van der Waals surface area (Å²) in [5, 5.41) is 17.6. The van der Waals surface area contributed by atoms with Crippen molar-refractivity contribution in [2.24, 2.45) is 10.9 Å². The highest BCUT2D eigenvalue weighted by atomic mass is 16.7. The van der Waals surface area contributed by atoms with Gasteiger partial charge in [0.25, 0.3) is 0 Å². The van der Waals surface area contributed by atoms with Crippen molar-refractivity contribution < 1.29 is 14.6 Å². The van der Waals surface area contributed by atoms with Crippen LogP contribution in [0.1, 0.15) is 11.1 Å². The molecule has 0 atom stereocenters. The molecule has 4 N–H and O–H groups in total. The monoisotopic (exact) mass is 318 g/mol. The quantitative estimate of drug-likeness (QED) is 0.204. The van der Waals surface area contributed by atoms with Crippen LogP contribution >= 0.6 is 0 Å². The van der Waals surface area contributed by atoms with Gasteiger partial charge < -0.3 is 26.4 Å². The molecule has 0 amide bonds. The Kier molecular flexibility index (Phi) is 4.55. The predicted octanol–water partition coefficient (Wildman–Crippen LogP) is 0.546. The van der Waals surface area contributed by atoms with Crippen LogP contribution in [0.5, 0.6) is 0 Å². The maximum atomic E-state index is 11.6. The van der Waals surface area contributed by atoms with Gasteiger partial charge in [0.1, 0.15) is 0 Å². The number of aromatic nitrogens is 2. The van der Waals surface area contributed by atoms with E-state index in [1.54, 1.807) is 25.1 Å². The molecule has 0 saturated carbocycles. The van der Waals surface area contributed by atoms with Crippen LogP contribution in [-0.4, -0.2) is 26.5 Å². The molecule has 0 aliphatic carbocycles. The number of benzene rings is 1. The second-order valence-corrected chi connectivity index (χ2v) is 4.59. The van der Waals surface area contributed by atoms with E-state index >= 15 is 0 Å². The number of hydrogen-bond donors (Lipinski definition) is 2. The van der Waals surface area contributed by atoms with E-state index in [2.05, 4.69) is 15.1 Å². The Morgan fingerprint density at radius 2 is 2.22 bits per heavy atom. The molecular formula is C13H14N6O4. The van der Waals surface area contributed by atoms with E-state index in [0.717, 1.165) is 4.68 Å². The first-order valence-electron chi connectivity index (χ1n) is 6.45. The van der Waals surface area contributed by atoms with Gasteiger partial charge in [0.15, 0.2) is 12.4 Å². The van der Waals surface area contributed by atoms with E-state index in [-0.39, 0.29) is 18.2 Å². The summed E-state index contributed by atoms with van der Waals surface area (Å²) in [4.78, 5) is 26.1. The van der Waals surface area contributed by atoms with E-state index in [9.17, 15) is 14.9 Å². The van der Waals surface area contributed by atoms with Crippen molar-refractivity contribution in [3.8, 4) is 0 Å². The van der Waals surface area contributed by atoms with Gasteiger partial charge in [-0.25, -0.2) is 4.79 Å². The van der Waals surface area contributed by atoms with Gasteiger partial charge in [0.05, 0.1) is 17.4 Å². The molecular weight excluding hydrogens is 304 g/mol. The first kappa shape index (κ1) is 15.9. The predicted molar refractivity (Wildman–Crippen MR) is 81.3 cm³/mol. The van der Waals surface area contributed by atoms with Crippen molar-refractivity contribution >= 4 is 23.3 Å². The number of hydrogen-bond acceptors (Lipinski definition) is 7. The van der Waals surface area contributed by atoms with Gasteiger partial charge >= 0.3 is 11.8 Å². The van der Waals surface area contributed by atoms with Gasteiger partial charge in [-0.1, -0.05) is 17.3 Å². The zero-order valence-corrected chi connectivity index (χ0v) is 12.2. The molecule has 0 aliphatic rings. The molecule has 0 saturated heterocycles. The fourth-order valence-electron chi connectivity index (χ4n) is 1.78. The van der Waals surface area contributed by atoms with Gasteiger partial charge in [0, 0.05) is 11.3 Å². The van der Waals surface area contributed by atoms with E-state index < -0.39 is 10.9 Å². The lowest BCUT2D eigenvalue weighted by molar-refractivity contribution is -0.389. The highest BCUT2D eigenvalue weighted by Gasteiger charge is 2.14. The van der Waals surface area contributed by atoms with Gasteiger partial charge in [-0.15, -0.1) is 0 Å². The van der Waals surface area contributed by atoms with Crippen LogP contribution in [0.15, 0.2) is 35.6 Å². The second kappa shape index (κ2) is 6.56. The van der Waals surface area contributed by atoms with E-state index in [4.69, 9.17) is 11.5 Å². The molecule has 23 heavy (non-hydrogen) atoms. The molecule has 1 heterocycles. The standard InChI is InChI=1S/C13H14N6O4/c1-8-9(3-2-4-10(8)14)13(15)17-23-12(20)7-18-6-5-11(16-18)19(21)22/h2-6H,7,14H2,1H3,(H2,15,17). The summed E-state index contributed by atoms with van der Waals surface area (Å²) in [5.74, 6) is -1.14. The van der Waals surface area contributed by atoms with Gasteiger partial charge in [-0.05, 0) is 23.5 Å². The average Bonchev–Trinajstić information content (AvgIpc) is 2.96. The third-order valence-electron chi connectivity index (χ3n) is 3.00. The molecule has 120 valence electrons. The third-order valence-corrected chi connectivity index (χ3v) is 3.00. The summed E-state index contributed by atoms with van der Waals surface area (Å²) in [6.07, 6.45) is 1.29. The molecule has 0 unspecified atom stereocenters. The fraction of sp³-hybridized carbons (Fsp3) is 0.154. The smallest absolute Gasteiger partial charge is 0.389 e. The summed E-state index contributed by atoms with van der Waals surface area (Å²) in [6, 6.07) is 6.27. The van der Waals surface area contributed by atoms with Crippen molar-refractivity contribution in [1.29, 1.82) is 0 Å². The van der Waals surface area contributed by atoms with Crippen LogP contribution in [-0.2, 0) is 16.2 Å². The summed E-state index contributed by atoms with van der Waals surface area (Å²) < 4.78 is 1.07. The lowest BCUT2D eigenvalue weighted by Crippen LogP contribution is -2.18. The summed E-state index contributed by atoms with van der Waals surface area (Å²) in [5.41, 5.74) is 13.3. The topological polar surface area (TPSA) is 152 Å². The van der Waals surface area contributed by atoms with Gasteiger partial charge in [0.2, 0.25) is 0 Å². The van der Waals surface area contributed by atoms with Crippen molar-refractivity contribution in [1.82, 2.24) is 9.78 Å². The zero-order chi connectivity index (χ0) is 17.0. The van der Waals surface area contributed by atoms with Crippen molar-refractivity contribution in [2.45, 2.75) is 13.5 Å². The van der Waals surface area contributed by atoms with Crippen molar-refractivity contribution in [2.75, 3.05) is 5.73 Å². The lowest BCUT2D eigenvalue weighted by Gasteiger charge is -2.06. The van der Waals surface area contributed by atoms with Crippen molar-refractivity contribution in [3.05, 3.63) is 51.7 Å². The van der Waals surface area contributed by atoms with Crippen LogP contribution in [0.3, 0.4) is 0 Å². The number of carbonyl (C=O) groups excluding carboxylic acids is 1. The fourth-order valence-corrected chi connectivity index (χ4v) is 1.78. The number of nitrogen functional groups attached to an aromatic ring is 1. The third kappa shape index (κ3) is 3.81. The Bertz CT molecular complexity index is 783. The molecule has 10 nitrogen and oxygen atoms in total. The number of nitrogens with zero attached hydrogens (tertiary/aromatic N) is 4. The number of carbonyl (C=O) groups is 1. The molecule has 0 spiro atoms. The number of nitro groups is 1. The molecule has 0 bridgehead atoms. The largest absolute Gasteiger partial charge is 0.398 e. The Hall–Kier alpha value is -3.43. The Labute approximate surface area is 130 Å². The van der Waals surface area contributed by atoms with Crippen LogP contribution < -0.4 is 11.5 Å². The molecule has 1 aromatic heterocycles. The highest BCUT2D eigenvalue weighted by molar-refractivity contribution is 5.99. The molecule has 10 heteroatoms. The Morgan fingerprint density at radius 1 is 1.48 bits per heavy atom. The summed E-state index contributed by atoms with van der Waals surface area (Å²) >= 11 is 0. The Balaban J connectivity index is 2.02. The first-order valence-corrected chi connectivity index (χ1v) is 6.45. The molecule has 1 aromatic carbocycles. The molecule has 2 aromatic rings. The minimum Gasteiger partial charge on any atom is -0.398 e. The minimum absolute atomic E-state index is 0.00500. The normalized spacial score (nSPS) is 11.3. The average molecular weight is 318 g/mol. The molecule has 0 fully saturated rings. The summed E-state index contributed by atoms with van der Waals surface area (Å²) in [6.45, 7) is 1.43. The number of rotatable bonds is 5. The highest BCUT2D eigenvalue weighted by Crippen LogP contribution is 2.15. The maximum Gasteiger partial charge on any atom is 0.389 e. The molecule has 2 rings (SSSR count). The van der Waals surface area contributed by atoms with Crippen LogP contribution in [0.25, 0.3) is 0 Å². The summed E-state index contributed by atoms with van der Waals surface area (Å²) in [7, 11) is 0. The van der Waals surface area contributed by atoms with Gasteiger partial charge in [-0.2, -0.15) is 4.68 Å². The number of nitrogens with two attached hydrogens (primary N) is 2. The van der Waals surface area contributed by atoms with Crippen LogP contribution in [0.2, 0.25) is 0 Å². The van der Waals surface area contributed by atoms with E-state index in [0.29, 0.717) is 16.8 Å². The van der Waals surface area contributed by atoms with E-state index in [1.807, 2.05) is 0 Å². The van der Waals surface area contributed by atoms with Crippen LogP contribution in [0.4, 0.5) is 11.5 Å². The minimum atomic E-state index is -0.771. The van der Waals surface area contributed by atoms with Gasteiger partial charge in [-0.3, -0.25) is 0 Å². The Morgan fingerprint density at radius 3 is 2.87 bits per heavy atom. The SMILES string of the molecule is Cc1c(N)cccc1/C(N)=N/OC(=O)Cn1ccc([N+](=O)[O-])n1.